The smallest absolute Gasteiger partial charge is 0.182 e. The minimum atomic E-state index is 0.738. The fraction of sp³-hybridized carbons (Fsp3) is 0.133. The molecule has 0 saturated heterocycles. The highest BCUT2D eigenvalue weighted by Crippen LogP contribution is 2.24. The van der Waals surface area contributed by atoms with Crippen LogP contribution in [0.2, 0.25) is 0 Å². The normalized spacial score (nSPS) is 11.1. The number of rotatable bonds is 2. The number of para-hydroxylation sites is 1. The number of thioether (sulfide) groups is 1. The molecule has 4 heteroatoms. The van der Waals surface area contributed by atoms with E-state index < -0.39 is 0 Å². The molecule has 0 saturated carbocycles. The van der Waals surface area contributed by atoms with Gasteiger partial charge in [-0.2, -0.15) is 0 Å². The van der Waals surface area contributed by atoms with Crippen molar-refractivity contribution in [2.24, 2.45) is 0 Å². The molecule has 2 aromatic carbocycles. The topological polar surface area (TPSA) is 20.7 Å². The lowest BCUT2D eigenvalue weighted by Crippen LogP contribution is -1.93. The Morgan fingerprint density at radius 2 is 1.95 bits per heavy atom. The first-order valence-corrected chi connectivity index (χ1v) is 7.69. The molecule has 1 N–H and O–H groups in total. The Morgan fingerprint density at radius 3 is 2.74 bits per heavy atom. The number of aryl methyl sites for hydroxylation is 1. The van der Waals surface area contributed by atoms with Crippen LogP contribution in [0.4, 0.5) is 0 Å². The molecule has 19 heavy (non-hydrogen) atoms. The number of nitrogens with zero attached hydrogens (tertiary/aromatic N) is 1. The first kappa shape index (κ1) is 12.5. The number of fused-ring (bicyclic) bond motifs is 1. The molecular weight excluding hydrogens is 272 g/mol. The van der Waals surface area contributed by atoms with E-state index in [2.05, 4.69) is 65.2 Å². The van der Waals surface area contributed by atoms with E-state index in [1.54, 1.807) is 11.8 Å². The summed E-state index contributed by atoms with van der Waals surface area (Å²) in [6, 6.07) is 14.7. The van der Waals surface area contributed by atoms with Crippen LogP contribution >= 0.6 is 24.0 Å². The minimum Gasteiger partial charge on any atom is -0.330 e. The summed E-state index contributed by atoms with van der Waals surface area (Å²) in [4.78, 5) is 4.54. The van der Waals surface area contributed by atoms with Crippen LogP contribution < -0.4 is 0 Å². The highest BCUT2D eigenvalue weighted by atomic mass is 32.2. The third kappa shape index (κ3) is 2.11. The lowest BCUT2D eigenvalue weighted by molar-refractivity contribution is 1.06. The van der Waals surface area contributed by atoms with Crippen LogP contribution in [0.3, 0.4) is 0 Å². The average molecular weight is 286 g/mol. The minimum absolute atomic E-state index is 0.738. The molecule has 0 bridgehead atoms. The predicted octanol–water partition coefficient (Wildman–Crippen LogP) is 4.72. The third-order valence-electron chi connectivity index (χ3n) is 3.24. The quantitative estimate of drug-likeness (QED) is 0.543. The maximum atomic E-state index is 5.47. The van der Waals surface area contributed by atoms with Crippen LogP contribution in [-0.2, 0) is 0 Å². The highest BCUT2D eigenvalue weighted by molar-refractivity contribution is 7.98. The first-order valence-electron chi connectivity index (χ1n) is 6.05. The predicted molar refractivity (Wildman–Crippen MR) is 85.0 cm³/mol. The molecule has 0 unspecified atom stereocenters. The molecule has 0 aliphatic heterocycles. The maximum Gasteiger partial charge on any atom is 0.182 e. The van der Waals surface area contributed by atoms with Gasteiger partial charge in [0.15, 0.2) is 4.77 Å². The molecule has 1 aromatic heterocycles. The van der Waals surface area contributed by atoms with Crippen LogP contribution in [0, 0.1) is 11.7 Å². The van der Waals surface area contributed by atoms with Crippen molar-refractivity contribution in [1.82, 2.24) is 9.55 Å². The molecule has 0 atom stereocenters. The van der Waals surface area contributed by atoms with Crippen molar-refractivity contribution in [1.29, 1.82) is 0 Å². The van der Waals surface area contributed by atoms with E-state index >= 15 is 0 Å². The summed E-state index contributed by atoms with van der Waals surface area (Å²) < 4.78 is 2.83. The zero-order valence-corrected chi connectivity index (χ0v) is 12.4. The number of aromatic nitrogens is 2. The summed E-state index contributed by atoms with van der Waals surface area (Å²) in [6.45, 7) is 2.09. The molecule has 96 valence electrons. The van der Waals surface area contributed by atoms with Gasteiger partial charge in [0.1, 0.15) is 0 Å². The molecule has 3 aromatic rings. The number of nitrogens with one attached hydrogen (secondary N) is 1. The van der Waals surface area contributed by atoms with Crippen molar-refractivity contribution in [2.45, 2.75) is 11.8 Å². The Morgan fingerprint density at radius 1 is 1.16 bits per heavy atom. The monoisotopic (exact) mass is 286 g/mol. The van der Waals surface area contributed by atoms with E-state index in [9.17, 15) is 0 Å². The first-order chi connectivity index (χ1) is 9.20. The molecular formula is C15H14N2S2. The maximum absolute atomic E-state index is 5.47. The fourth-order valence-corrected chi connectivity index (χ4v) is 3.04. The average Bonchev–Trinajstić information content (AvgIpc) is 2.77. The lowest BCUT2D eigenvalue weighted by atomic mass is 10.2. The molecule has 0 spiro atoms. The van der Waals surface area contributed by atoms with Crippen molar-refractivity contribution in [3.8, 4) is 5.69 Å². The summed E-state index contributed by atoms with van der Waals surface area (Å²) in [6.07, 6.45) is 2.08. The standard InChI is InChI=1S/C15H14N2S2/c1-10-5-3-8-13-14(10)16-15(18)17(13)11-6-4-7-12(9-11)19-2/h3-9H,1-2H3,(H,16,18). The summed E-state index contributed by atoms with van der Waals surface area (Å²) in [5, 5.41) is 0. The molecule has 0 aliphatic carbocycles. The van der Waals surface area contributed by atoms with Gasteiger partial charge in [0.25, 0.3) is 0 Å². The molecule has 3 rings (SSSR count). The van der Waals surface area contributed by atoms with Crippen molar-refractivity contribution < 1.29 is 0 Å². The van der Waals surface area contributed by atoms with Gasteiger partial charge in [-0.15, -0.1) is 11.8 Å². The summed E-state index contributed by atoms with van der Waals surface area (Å²) in [5.74, 6) is 0. The van der Waals surface area contributed by atoms with Gasteiger partial charge in [-0.05, 0) is 55.2 Å². The SMILES string of the molecule is CSc1cccc(-n2c(=S)[nH]c3c(C)cccc32)c1. The van der Waals surface area contributed by atoms with Crippen molar-refractivity contribution in [3.05, 3.63) is 52.8 Å². The van der Waals surface area contributed by atoms with E-state index in [0.29, 0.717) is 0 Å². The summed E-state index contributed by atoms with van der Waals surface area (Å²) in [7, 11) is 0. The Kier molecular flexibility index (Phi) is 3.21. The number of aromatic amines is 1. The van der Waals surface area contributed by atoms with Crippen LogP contribution in [-0.4, -0.2) is 15.8 Å². The van der Waals surface area contributed by atoms with Gasteiger partial charge in [-0.1, -0.05) is 18.2 Å². The van der Waals surface area contributed by atoms with Gasteiger partial charge in [0, 0.05) is 10.6 Å². The zero-order valence-electron chi connectivity index (χ0n) is 10.8. The summed E-state index contributed by atoms with van der Waals surface area (Å²) >= 11 is 7.21. The number of H-pyrrole nitrogens is 1. The van der Waals surface area contributed by atoms with Crippen molar-refractivity contribution >= 4 is 35.0 Å². The van der Waals surface area contributed by atoms with E-state index in [1.807, 2.05) is 0 Å². The second kappa shape index (κ2) is 4.87. The zero-order chi connectivity index (χ0) is 13.4. The molecule has 0 amide bonds. The molecule has 0 fully saturated rings. The number of imidazole rings is 1. The molecule has 1 heterocycles. The van der Waals surface area contributed by atoms with Crippen LogP contribution in [0.25, 0.3) is 16.7 Å². The van der Waals surface area contributed by atoms with Gasteiger partial charge < -0.3 is 4.98 Å². The molecule has 0 radical (unpaired) electrons. The van der Waals surface area contributed by atoms with Crippen LogP contribution in [0.15, 0.2) is 47.4 Å². The van der Waals surface area contributed by atoms with Gasteiger partial charge in [0.05, 0.1) is 11.0 Å². The molecule has 0 aliphatic rings. The van der Waals surface area contributed by atoms with E-state index in [0.717, 1.165) is 21.5 Å². The van der Waals surface area contributed by atoms with Crippen LogP contribution in [0.5, 0.6) is 0 Å². The second-order valence-electron chi connectivity index (χ2n) is 4.44. The lowest BCUT2D eigenvalue weighted by Gasteiger charge is -2.06. The van der Waals surface area contributed by atoms with Gasteiger partial charge in [-0.3, -0.25) is 4.57 Å². The summed E-state index contributed by atoms with van der Waals surface area (Å²) in [5.41, 5.74) is 4.56. The number of hydrogen-bond acceptors (Lipinski definition) is 2. The van der Waals surface area contributed by atoms with E-state index in [4.69, 9.17) is 12.2 Å². The largest absolute Gasteiger partial charge is 0.330 e. The van der Waals surface area contributed by atoms with Crippen LogP contribution in [0.1, 0.15) is 5.56 Å². The van der Waals surface area contributed by atoms with Gasteiger partial charge >= 0.3 is 0 Å². The number of benzene rings is 2. The van der Waals surface area contributed by atoms with E-state index in [-0.39, 0.29) is 0 Å². The Labute approximate surface area is 121 Å². The Hall–Kier alpha value is -1.52. The Balaban J connectivity index is 2.33. The van der Waals surface area contributed by atoms with Gasteiger partial charge in [0.2, 0.25) is 0 Å². The highest BCUT2D eigenvalue weighted by Gasteiger charge is 2.08. The Bertz CT molecular complexity index is 799. The van der Waals surface area contributed by atoms with Gasteiger partial charge in [-0.25, -0.2) is 0 Å². The van der Waals surface area contributed by atoms with E-state index in [1.165, 1.54) is 10.5 Å². The van der Waals surface area contributed by atoms with Crippen molar-refractivity contribution in [3.63, 3.8) is 0 Å². The fourth-order valence-electron chi connectivity index (χ4n) is 2.28. The van der Waals surface area contributed by atoms with Crippen molar-refractivity contribution in [2.75, 3.05) is 6.26 Å². The third-order valence-corrected chi connectivity index (χ3v) is 4.25. The number of hydrogen-bond donors (Lipinski definition) is 1. The molecule has 2 nitrogen and oxygen atoms in total. The second-order valence-corrected chi connectivity index (χ2v) is 5.70.